The maximum Gasteiger partial charge on any atom is 0.123 e. The predicted molar refractivity (Wildman–Crippen MR) is 88.8 cm³/mol. The Morgan fingerprint density at radius 2 is 1.95 bits per heavy atom. The summed E-state index contributed by atoms with van der Waals surface area (Å²) in [6.45, 7) is 7.45. The molecule has 0 aliphatic carbocycles. The predicted octanol–water partition coefficient (Wildman–Crippen LogP) is 4.02. The third-order valence-corrected chi connectivity index (χ3v) is 3.72. The smallest absolute Gasteiger partial charge is 0.123 e. The Kier molecular flexibility index (Phi) is 9.92. The monoisotopic (exact) mass is 293 g/mol. The highest BCUT2D eigenvalue weighted by Gasteiger charge is 2.06. The molecule has 0 heterocycles. The lowest BCUT2D eigenvalue weighted by Gasteiger charge is -2.15. The first-order valence-corrected chi connectivity index (χ1v) is 8.24. The van der Waals surface area contributed by atoms with Gasteiger partial charge < -0.3 is 14.8 Å². The fourth-order valence-corrected chi connectivity index (χ4v) is 2.34. The third kappa shape index (κ3) is 7.49. The summed E-state index contributed by atoms with van der Waals surface area (Å²) < 4.78 is 11.6. The number of rotatable bonds is 12. The van der Waals surface area contributed by atoms with Crippen molar-refractivity contribution < 1.29 is 9.47 Å². The molecule has 1 atom stereocenters. The van der Waals surface area contributed by atoms with E-state index in [1.165, 1.54) is 31.2 Å². The highest BCUT2D eigenvalue weighted by Crippen LogP contribution is 2.17. The molecule has 0 amide bonds. The lowest BCUT2D eigenvalue weighted by molar-refractivity contribution is 0.0697. The summed E-state index contributed by atoms with van der Waals surface area (Å²) in [7, 11) is 1.95. The molecule has 0 spiro atoms. The number of para-hydroxylation sites is 1. The molecule has 0 saturated carbocycles. The fourth-order valence-electron chi connectivity index (χ4n) is 2.34. The zero-order chi connectivity index (χ0) is 15.3. The van der Waals surface area contributed by atoms with Gasteiger partial charge in [-0.25, -0.2) is 0 Å². The molecule has 3 heteroatoms. The summed E-state index contributed by atoms with van der Waals surface area (Å²) in [5, 5.41) is 3.16. The van der Waals surface area contributed by atoms with Crippen molar-refractivity contribution in [1.82, 2.24) is 5.32 Å². The minimum Gasteiger partial charge on any atom is -0.491 e. The third-order valence-electron chi connectivity index (χ3n) is 3.72. The van der Waals surface area contributed by atoms with Crippen LogP contribution in [-0.4, -0.2) is 26.9 Å². The van der Waals surface area contributed by atoms with E-state index >= 15 is 0 Å². The molecule has 1 unspecified atom stereocenters. The van der Waals surface area contributed by atoms with Crippen LogP contribution in [0.4, 0.5) is 0 Å². The van der Waals surface area contributed by atoms with Crippen molar-refractivity contribution in [2.75, 3.05) is 26.9 Å². The van der Waals surface area contributed by atoms with E-state index in [2.05, 4.69) is 25.2 Å². The van der Waals surface area contributed by atoms with E-state index in [0.29, 0.717) is 19.1 Å². The van der Waals surface area contributed by atoms with Gasteiger partial charge in [-0.2, -0.15) is 0 Å². The van der Waals surface area contributed by atoms with Crippen LogP contribution in [0.15, 0.2) is 24.3 Å². The summed E-state index contributed by atoms with van der Waals surface area (Å²) in [6, 6.07) is 8.15. The molecule has 0 fully saturated rings. The Bertz CT molecular complexity index is 368. The van der Waals surface area contributed by atoms with Crippen LogP contribution in [0.3, 0.4) is 0 Å². The summed E-state index contributed by atoms with van der Waals surface area (Å²) in [5.74, 6) is 1.65. The van der Waals surface area contributed by atoms with Gasteiger partial charge in [-0.3, -0.25) is 0 Å². The minimum atomic E-state index is 0.616. The number of nitrogens with one attached hydrogen (secondary N) is 1. The molecule has 1 aromatic carbocycles. The van der Waals surface area contributed by atoms with Crippen LogP contribution in [0, 0.1) is 5.92 Å². The Labute approximate surface area is 130 Å². The lowest BCUT2D eigenvalue weighted by Crippen LogP contribution is -2.14. The van der Waals surface area contributed by atoms with Gasteiger partial charge in [0.15, 0.2) is 0 Å². The Morgan fingerprint density at radius 1 is 1.14 bits per heavy atom. The molecule has 120 valence electrons. The van der Waals surface area contributed by atoms with Gasteiger partial charge in [-0.05, 0) is 25.5 Å². The second-order valence-electron chi connectivity index (χ2n) is 5.48. The first-order valence-electron chi connectivity index (χ1n) is 8.24. The van der Waals surface area contributed by atoms with E-state index in [4.69, 9.17) is 9.47 Å². The molecule has 1 rings (SSSR count). The van der Waals surface area contributed by atoms with Gasteiger partial charge in [0.2, 0.25) is 0 Å². The average molecular weight is 293 g/mol. The van der Waals surface area contributed by atoms with Crippen molar-refractivity contribution in [2.24, 2.45) is 5.92 Å². The quantitative estimate of drug-likeness (QED) is 0.590. The molecule has 21 heavy (non-hydrogen) atoms. The second-order valence-corrected chi connectivity index (χ2v) is 5.48. The van der Waals surface area contributed by atoms with E-state index in [1.54, 1.807) is 0 Å². The van der Waals surface area contributed by atoms with E-state index in [1.807, 2.05) is 25.2 Å². The van der Waals surface area contributed by atoms with Crippen molar-refractivity contribution in [3.8, 4) is 5.75 Å². The van der Waals surface area contributed by atoms with Gasteiger partial charge in [0.25, 0.3) is 0 Å². The van der Waals surface area contributed by atoms with Crippen molar-refractivity contribution in [2.45, 2.75) is 46.1 Å². The van der Waals surface area contributed by atoms with Crippen molar-refractivity contribution in [3.63, 3.8) is 0 Å². The zero-order valence-corrected chi connectivity index (χ0v) is 13.9. The van der Waals surface area contributed by atoms with Crippen molar-refractivity contribution in [3.05, 3.63) is 29.8 Å². The van der Waals surface area contributed by atoms with Crippen LogP contribution in [0.25, 0.3) is 0 Å². The van der Waals surface area contributed by atoms with Crippen LogP contribution in [-0.2, 0) is 11.3 Å². The lowest BCUT2D eigenvalue weighted by atomic mass is 10.0. The Balaban J connectivity index is 2.21. The molecule has 0 saturated heterocycles. The van der Waals surface area contributed by atoms with Crippen LogP contribution in [0.2, 0.25) is 0 Å². The van der Waals surface area contributed by atoms with Crippen LogP contribution < -0.4 is 10.1 Å². The van der Waals surface area contributed by atoms with Gasteiger partial charge in [0.05, 0.1) is 6.61 Å². The number of unbranched alkanes of at least 4 members (excludes halogenated alkanes) is 1. The van der Waals surface area contributed by atoms with Crippen molar-refractivity contribution in [1.29, 1.82) is 0 Å². The normalized spacial score (nSPS) is 12.3. The number of ether oxygens (including phenoxy) is 2. The van der Waals surface area contributed by atoms with E-state index < -0.39 is 0 Å². The summed E-state index contributed by atoms with van der Waals surface area (Å²) in [6.07, 6.45) is 5.04. The highest BCUT2D eigenvalue weighted by molar-refractivity contribution is 5.33. The second kappa shape index (κ2) is 11.6. The van der Waals surface area contributed by atoms with Gasteiger partial charge in [0, 0.05) is 18.7 Å². The molecule has 0 aliphatic rings. The molecule has 0 radical (unpaired) electrons. The zero-order valence-electron chi connectivity index (χ0n) is 13.9. The molecule has 0 aromatic heterocycles. The Hall–Kier alpha value is -1.06. The average Bonchev–Trinajstić information content (AvgIpc) is 2.52. The van der Waals surface area contributed by atoms with Crippen molar-refractivity contribution >= 4 is 0 Å². The van der Waals surface area contributed by atoms with Gasteiger partial charge in [0.1, 0.15) is 12.4 Å². The standard InChI is InChI=1S/C18H31NO2/c1-4-6-9-16(5-2)15-20-12-13-21-18-11-8-7-10-17(18)14-19-3/h7-8,10-11,16,19H,4-6,9,12-15H2,1-3H3. The van der Waals surface area contributed by atoms with Gasteiger partial charge in [-0.1, -0.05) is 51.3 Å². The minimum absolute atomic E-state index is 0.616. The summed E-state index contributed by atoms with van der Waals surface area (Å²) in [5.41, 5.74) is 1.19. The molecule has 0 aliphatic heterocycles. The SMILES string of the molecule is CCCCC(CC)COCCOc1ccccc1CNC. The maximum atomic E-state index is 5.82. The van der Waals surface area contributed by atoms with Crippen LogP contribution in [0.1, 0.15) is 45.1 Å². The van der Waals surface area contributed by atoms with E-state index in [0.717, 1.165) is 18.9 Å². The fraction of sp³-hybridized carbons (Fsp3) is 0.667. The molecule has 0 bridgehead atoms. The maximum absolute atomic E-state index is 5.82. The van der Waals surface area contributed by atoms with Crippen LogP contribution in [0.5, 0.6) is 5.75 Å². The topological polar surface area (TPSA) is 30.5 Å². The Morgan fingerprint density at radius 3 is 2.67 bits per heavy atom. The highest BCUT2D eigenvalue weighted by atomic mass is 16.5. The first-order chi connectivity index (χ1) is 10.3. The molecular formula is C18H31NO2. The first kappa shape index (κ1) is 18.0. The summed E-state index contributed by atoms with van der Waals surface area (Å²) in [4.78, 5) is 0. The number of benzene rings is 1. The van der Waals surface area contributed by atoms with Gasteiger partial charge in [-0.15, -0.1) is 0 Å². The van der Waals surface area contributed by atoms with Crippen LogP contribution >= 0.6 is 0 Å². The molecular weight excluding hydrogens is 262 g/mol. The van der Waals surface area contributed by atoms with Gasteiger partial charge >= 0.3 is 0 Å². The summed E-state index contributed by atoms with van der Waals surface area (Å²) >= 11 is 0. The molecule has 1 aromatic rings. The molecule has 1 N–H and O–H groups in total. The molecule has 3 nitrogen and oxygen atoms in total. The van der Waals surface area contributed by atoms with E-state index in [9.17, 15) is 0 Å². The van der Waals surface area contributed by atoms with E-state index in [-0.39, 0.29) is 0 Å². The number of hydrogen-bond acceptors (Lipinski definition) is 3. The number of hydrogen-bond donors (Lipinski definition) is 1. The largest absolute Gasteiger partial charge is 0.491 e.